The van der Waals surface area contributed by atoms with Gasteiger partial charge in [0.15, 0.2) is 0 Å². The van der Waals surface area contributed by atoms with Crippen LogP contribution in [0.5, 0.6) is 5.75 Å². The van der Waals surface area contributed by atoms with E-state index >= 15 is 0 Å². The number of ether oxygens (including phenoxy) is 1. The molecule has 104 valence electrons. The molecule has 1 heterocycles. The number of carboxylic acid groups (broad SMARTS) is 1. The van der Waals surface area contributed by atoms with Crippen LogP contribution in [-0.4, -0.2) is 42.2 Å². The fourth-order valence-corrected chi connectivity index (χ4v) is 2.62. The minimum Gasteiger partial charge on any atom is -0.494 e. The lowest BCUT2D eigenvalue weighted by Crippen LogP contribution is -2.26. The van der Waals surface area contributed by atoms with Gasteiger partial charge < -0.3 is 14.7 Å². The van der Waals surface area contributed by atoms with Gasteiger partial charge in [-0.2, -0.15) is 0 Å². The standard InChI is InChI=1S/C15H21NO3/c1-11-10-13(5-6-14(11)15(17)18)19-9-7-12-4-3-8-16(12)2/h5-6,10,12H,3-4,7-9H2,1-2H3,(H,17,18). The summed E-state index contributed by atoms with van der Waals surface area (Å²) in [6, 6.07) is 5.75. The summed E-state index contributed by atoms with van der Waals surface area (Å²) in [5, 5.41) is 8.96. The largest absolute Gasteiger partial charge is 0.494 e. The van der Waals surface area contributed by atoms with Crippen LogP contribution in [0.1, 0.15) is 35.2 Å². The van der Waals surface area contributed by atoms with E-state index in [1.807, 2.05) is 0 Å². The van der Waals surface area contributed by atoms with Crippen molar-refractivity contribution in [3.8, 4) is 5.75 Å². The van der Waals surface area contributed by atoms with Gasteiger partial charge in [0.25, 0.3) is 0 Å². The number of nitrogens with zero attached hydrogens (tertiary/aromatic N) is 1. The van der Waals surface area contributed by atoms with E-state index in [4.69, 9.17) is 9.84 Å². The summed E-state index contributed by atoms with van der Waals surface area (Å²) < 4.78 is 5.71. The third-order valence-electron chi connectivity index (χ3n) is 3.82. The summed E-state index contributed by atoms with van der Waals surface area (Å²) in [6.45, 7) is 3.65. The molecule has 0 radical (unpaired) electrons. The van der Waals surface area contributed by atoms with Crippen LogP contribution in [-0.2, 0) is 0 Å². The number of hydrogen-bond donors (Lipinski definition) is 1. The van der Waals surface area contributed by atoms with Crippen LogP contribution in [0.4, 0.5) is 0 Å². The molecule has 1 aliphatic heterocycles. The lowest BCUT2D eigenvalue weighted by Gasteiger charge is -2.19. The van der Waals surface area contributed by atoms with Crippen molar-refractivity contribution < 1.29 is 14.6 Å². The predicted octanol–water partition coefficient (Wildman–Crippen LogP) is 2.56. The van der Waals surface area contributed by atoms with Gasteiger partial charge in [0, 0.05) is 6.04 Å². The normalized spacial score (nSPS) is 19.6. The van der Waals surface area contributed by atoms with Crippen molar-refractivity contribution in [2.45, 2.75) is 32.2 Å². The van der Waals surface area contributed by atoms with Gasteiger partial charge in [0.2, 0.25) is 0 Å². The second-order valence-electron chi connectivity index (χ2n) is 5.20. The highest BCUT2D eigenvalue weighted by atomic mass is 16.5. The molecule has 1 N–H and O–H groups in total. The second kappa shape index (κ2) is 6.06. The van der Waals surface area contributed by atoms with Crippen molar-refractivity contribution in [2.24, 2.45) is 0 Å². The van der Waals surface area contributed by atoms with Crippen LogP contribution in [0.15, 0.2) is 18.2 Å². The first kappa shape index (κ1) is 13.9. The van der Waals surface area contributed by atoms with E-state index in [0.717, 1.165) is 17.7 Å². The van der Waals surface area contributed by atoms with Crippen LogP contribution in [0.25, 0.3) is 0 Å². The zero-order valence-corrected chi connectivity index (χ0v) is 11.6. The highest BCUT2D eigenvalue weighted by Crippen LogP contribution is 2.20. The number of aromatic carboxylic acids is 1. The van der Waals surface area contributed by atoms with Crippen molar-refractivity contribution in [1.82, 2.24) is 4.90 Å². The Kier molecular flexibility index (Phi) is 4.43. The van der Waals surface area contributed by atoms with Crippen molar-refractivity contribution in [3.05, 3.63) is 29.3 Å². The summed E-state index contributed by atoms with van der Waals surface area (Å²) in [6.07, 6.45) is 3.54. The zero-order valence-electron chi connectivity index (χ0n) is 11.6. The second-order valence-corrected chi connectivity index (χ2v) is 5.20. The number of carboxylic acids is 1. The Morgan fingerprint density at radius 2 is 2.32 bits per heavy atom. The lowest BCUT2D eigenvalue weighted by atomic mass is 10.1. The number of aryl methyl sites for hydroxylation is 1. The van der Waals surface area contributed by atoms with Crippen LogP contribution in [0.3, 0.4) is 0 Å². The van der Waals surface area contributed by atoms with Gasteiger partial charge in [-0.1, -0.05) is 0 Å². The smallest absolute Gasteiger partial charge is 0.335 e. The molecule has 2 rings (SSSR count). The Bertz CT molecular complexity index is 459. The molecule has 19 heavy (non-hydrogen) atoms. The van der Waals surface area contributed by atoms with Crippen molar-refractivity contribution in [1.29, 1.82) is 0 Å². The molecule has 1 atom stereocenters. The molecule has 0 aliphatic carbocycles. The molecule has 0 saturated carbocycles. The first-order valence-corrected chi connectivity index (χ1v) is 6.75. The quantitative estimate of drug-likeness (QED) is 0.887. The monoisotopic (exact) mass is 263 g/mol. The third kappa shape index (κ3) is 3.47. The molecule has 1 aromatic rings. The molecule has 4 heteroatoms. The van der Waals surface area contributed by atoms with Crippen molar-refractivity contribution in [2.75, 3.05) is 20.2 Å². The molecular formula is C15H21NO3. The van der Waals surface area contributed by atoms with E-state index in [2.05, 4.69) is 11.9 Å². The molecule has 1 unspecified atom stereocenters. The van der Waals surface area contributed by atoms with E-state index in [0.29, 0.717) is 18.2 Å². The minimum absolute atomic E-state index is 0.336. The van der Waals surface area contributed by atoms with Crippen molar-refractivity contribution >= 4 is 5.97 Å². The number of carbonyl (C=O) groups is 1. The fraction of sp³-hybridized carbons (Fsp3) is 0.533. The van der Waals surface area contributed by atoms with E-state index in [-0.39, 0.29) is 0 Å². The van der Waals surface area contributed by atoms with Gasteiger partial charge in [-0.25, -0.2) is 4.79 Å². The van der Waals surface area contributed by atoms with Crippen LogP contribution >= 0.6 is 0 Å². The minimum atomic E-state index is -0.892. The van der Waals surface area contributed by atoms with E-state index in [1.54, 1.807) is 25.1 Å². The highest BCUT2D eigenvalue weighted by molar-refractivity contribution is 5.89. The maximum atomic E-state index is 10.9. The third-order valence-corrected chi connectivity index (χ3v) is 3.82. The van der Waals surface area contributed by atoms with Gasteiger partial charge in [-0.3, -0.25) is 0 Å². The van der Waals surface area contributed by atoms with Gasteiger partial charge in [-0.15, -0.1) is 0 Å². The predicted molar refractivity (Wildman–Crippen MR) is 73.9 cm³/mol. The topological polar surface area (TPSA) is 49.8 Å². The summed E-state index contributed by atoms with van der Waals surface area (Å²) in [5.41, 5.74) is 1.07. The zero-order chi connectivity index (χ0) is 13.8. The molecule has 1 aliphatic rings. The first-order valence-electron chi connectivity index (χ1n) is 6.75. The van der Waals surface area contributed by atoms with Gasteiger partial charge in [0.05, 0.1) is 12.2 Å². The number of rotatable bonds is 5. The Morgan fingerprint density at radius 3 is 2.89 bits per heavy atom. The maximum absolute atomic E-state index is 10.9. The van der Waals surface area contributed by atoms with Gasteiger partial charge >= 0.3 is 5.97 Å². The van der Waals surface area contributed by atoms with E-state index in [9.17, 15) is 4.79 Å². The molecule has 0 bridgehead atoms. The average Bonchev–Trinajstić information content (AvgIpc) is 2.75. The number of benzene rings is 1. The van der Waals surface area contributed by atoms with E-state index in [1.165, 1.54) is 19.4 Å². The maximum Gasteiger partial charge on any atom is 0.335 e. The Labute approximate surface area is 114 Å². The van der Waals surface area contributed by atoms with Gasteiger partial charge in [-0.05, 0) is 63.5 Å². The first-order chi connectivity index (χ1) is 9.08. The molecule has 0 spiro atoms. The Hall–Kier alpha value is -1.55. The molecular weight excluding hydrogens is 242 g/mol. The van der Waals surface area contributed by atoms with Gasteiger partial charge in [0.1, 0.15) is 5.75 Å². The molecule has 4 nitrogen and oxygen atoms in total. The molecule has 1 saturated heterocycles. The van der Waals surface area contributed by atoms with Crippen LogP contribution < -0.4 is 4.74 Å². The molecule has 0 amide bonds. The Balaban J connectivity index is 1.86. The summed E-state index contributed by atoms with van der Waals surface area (Å²) >= 11 is 0. The lowest BCUT2D eigenvalue weighted by molar-refractivity contribution is 0.0696. The summed E-state index contributed by atoms with van der Waals surface area (Å²) in [4.78, 5) is 13.3. The fourth-order valence-electron chi connectivity index (χ4n) is 2.62. The summed E-state index contributed by atoms with van der Waals surface area (Å²) in [7, 11) is 2.16. The molecule has 1 fully saturated rings. The summed E-state index contributed by atoms with van der Waals surface area (Å²) in [5.74, 6) is -0.139. The molecule has 1 aromatic carbocycles. The van der Waals surface area contributed by atoms with E-state index < -0.39 is 5.97 Å². The SMILES string of the molecule is Cc1cc(OCCC2CCCN2C)ccc1C(=O)O. The highest BCUT2D eigenvalue weighted by Gasteiger charge is 2.20. The van der Waals surface area contributed by atoms with Crippen LogP contribution in [0, 0.1) is 6.92 Å². The number of hydrogen-bond acceptors (Lipinski definition) is 3. The Morgan fingerprint density at radius 1 is 1.53 bits per heavy atom. The van der Waals surface area contributed by atoms with Crippen molar-refractivity contribution in [3.63, 3.8) is 0 Å². The molecule has 0 aromatic heterocycles. The average molecular weight is 263 g/mol. The number of likely N-dealkylation sites (tertiary alicyclic amines) is 1. The van der Waals surface area contributed by atoms with Crippen LogP contribution in [0.2, 0.25) is 0 Å².